The summed E-state index contributed by atoms with van der Waals surface area (Å²) in [4.78, 5) is 15.2. The predicted molar refractivity (Wildman–Crippen MR) is 102 cm³/mol. The van der Waals surface area contributed by atoms with Crippen molar-refractivity contribution in [3.8, 4) is 28.4 Å². The van der Waals surface area contributed by atoms with Gasteiger partial charge in [-0.1, -0.05) is 26.0 Å². The number of benzene rings is 2. The van der Waals surface area contributed by atoms with E-state index in [1.807, 2.05) is 18.2 Å². The van der Waals surface area contributed by atoms with Gasteiger partial charge < -0.3 is 19.1 Å². The van der Waals surface area contributed by atoms with Gasteiger partial charge in [0.25, 0.3) is 0 Å². The Morgan fingerprint density at radius 3 is 2.31 bits per heavy atom. The standard InChI is InChI=1S/C21H25NO4/c1-5-22(6-2)10-11-26-17-9-7-8-15-19(17)20-16(21(15)23)12-14(24-3)13-18(20)25-4/h7-9,12-13H,5-6,10-11H2,1-4H3. The van der Waals surface area contributed by atoms with Crippen molar-refractivity contribution in [3.05, 3.63) is 41.5 Å². The van der Waals surface area contributed by atoms with Crippen molar-refractivity contribution in [3.63, 3.8) is 0 Å². The lowest BCUT2D eigenvalue weighted by Crippen LogP contribution is -2.28. The number of nitrogens with zero attached hydrogens (tertiary/aromatic N) is 1. The van der Waals surface area contributed by atoms with Crippen LogP contribution in [0.1, 0.15) is 29.8 Å². The Morgan fingerprint density at radius 1 is 0.923 bits per heavy atom. The van der Waals surface area contributed by atoms with Crippen LogP contribution in [0, 0.1) is 0 Å². The van der Waals surface area contributed by atoms with E-state index < -0.39 is 0 Å². The Hall–Kier alpha value is -2.53. The number of carbonyl (C=O) groups excluding carboxylic acids is 1. The minimum absolute atomic E-state index is 0.0265. The van der Waals surface area contributed by atoms with Crippen molar-refractivity contribution in [2.45, 2.75) is 13.8 Å². The Kier molecular flexibility index (Phi) is 5.47. The van der Waals surface area contributed by atoms with E-state index in [1.54, 1.807) is 26.4 Å². The molecule has 0 saturated carbocycles. The zero-order valence-corrected chi connectivity index (χ0v) is 15.8. The molecule has 0 amide bonds. The van der Waals surface area contributed by atoms with Crippen LogP contribution in [0.4, 0.5) is 0 Å². The highest BCUT2D eigenvalue weighted by atomic mass is 16.5. The summed E-state index contributed by atoms with van der Waals surface area (Å²) in [6, 6.07) is 9.17. The van der Waals surface area contributed by atoms with Gasteiger partial charge in [-0.2, -0.15) is 0 Å². The summed E-state index contributed by atoms with van der Waals surface area (Å²) in [7, 11) is 3.18. The van der Waals surface area contributed by atoms with E-state index in [0.717, 1.165) is 30.8 Å². The molecule has 138 valence electrons. The zero-order chi connectivity index (χ0) is 18.7. The van der Waals surface area contributed by atoms with Crippen LogP contribution in [0.2, 0.25) is 0 Å². The quantitative estimate of drug-likeness (QED) is 0.617. The molecule has 0 heterocycles. The van der Waals surface area contributed by atoms with Gasteiger partial charge in [0.15, 0.2) is 5.78 Å². The second-order valence-electron chi connectivity index (χ2n) is 6.14. The average Bonchev–Trinajstić information content (AvgIpc) is 2.97. The van der Waals surface area contributed by atoms with Crippen LogP contribution in [-0.4, -0.2) is 51.1 Å². The van der Waals surface area contributed by atoms with Gasteiger partial charge in [0.2, 0.25) is 0 Å². The van der Waals surface area contributed by atoms with Crippen LogP contribution in [-0.2, 0) is 0 Å². The van der Waals surface area contributed by atoms with Crippen LogP contribution in [0.3, 0.4) is 0 Å². The summed E-state index contributed by atoms with van der Waals surface area (Å²) in [6.07, 6.45) is 0. The molecule has 0 bridgehead atoms. The molecule has 1 aliphatic rings. The molecule has 0 spiro atoms. The molecule has 0 aliphatic heterocycles. The maximum atomic E-state index is 12.9. The van der Waals surface area contributed by atoms with Gasteiger partial charge in [0.1, 0.15) is 23.9 Å². The fourth-order valence-corrected chi connectivity index (χ4v) is 3.37. The molecule has 0 saturated heterocycles. The van der Waals surface area contributed by atoms with E-state index >= 15 is 0 Å². The Labute approximate surface area is 154 Å². The highest BCUT2D eigenvalue weighted by Crippen LogP contribution is 2.48. The first-order chi connectivity index (χ1) is 12.6. The lowest BCUT2D eigenvalue weighted by molar-refractivity contribution is 0.104. The molecule has 0 radical (unpaired) electrons. The van der Waals surface area contributed by atoms with Crippen LogP contribution >= 0.6 is 0 Å². The monoisotopic (exact) mass is 355 g/mol. The molecule has 0 N–H and O–H groups in total. The van der Waals surface area contributed by atoms with Gasteiger partial charge in [-0.3, -0.25) is 4.79 Å². The minimum atomic E-state index is -0.0265. The van der Waals surface area contributed by atoms with Gasteiger partial charge in [-0.05, 0) is 25.2 Å². The third kappa shape index (κ3) is 3.15. The number of hydrogen-bond donors (Lipinski definition) is 0. The first kappa shape index (κ1) is 18.3. The van der Waals surface area contributed by atoms with Gasteiger partial charge in [-0.25, -0.2) is 0 Å². The SMILES string of the molecule is CCN(CC)CCOc1cccc2c1-c1c(OC)cc(OC)cc1C2=O. The molecule has 0 unspecified atom stereocenters. The van der Waals surface area contributed by atoms with E-state index in [4.69, 9.17) is 14.2 Å². The van der Waals surface area contributed by atoms with Gasteiger partial charge in [0.05, 0.1) is 14.2 Å². The van der Waals surface area contributed by atoms with E-state index in [-0.39, 0.29) is 5.78 Å². The highest BCUT2D eigenvalue weighted by molar-refractivity contribution is 6.23. The average molecular weight is 355 g/mol. The van der Waals surface area contributed by atoms with E-state index in [9.17, 15) is 4.79 Å². The molecule has 0 aromatic heterocycles. The highest BCUT2D eigenvalue weighted by Gasteiger charge is 2.33. The number of methoxy groups -OCH3 is 2. The largest absolute Gasteiger partial charge is 0.497 e. The zero-order valence-electron chi connectivity index (χ0n) is 15.8. The number of likely N-dealkylation sites (N-methyl/N-ethyl adjacent to an activating group) is 1. The van der Waals surface area contributed by atoms with Crippen molar-refractivity contribution < 1.29 is 19.0 Å². The molecular weight excluding hydrogens is 330 g/mol. The Morgan fingerprint density at radius 2 is 1.65 bits per heavy atom. The molecule has 5 heteroatoms. The molecule has 2 aromatic rings. The van der Waals surface area contributed by atoms with Crippen LogP contribution in [0.15, 0.2) is 30.3 Å². The topological polar surface area (TPSA) is 48.0 Å². The number of carbonyl (C=O) groups is 1. The van der Waals surface area contributed by atoms with E-state index in [2.05, 4.69) is 18.7 Å². The van der Waals surface area contributed by atoms with Crippen molar-refractivity contribution >= 4 is 5.78 Å². The molecule has 0 atom stereocenters. The molecule has 0 fully saturated rings. The molecule has 3 rings (SSSR count). The summed E-state index contributed by atoms with van der Waals surface area (Å²) in [5.41, 5.74) is 2.83. The molecule has 2 aromatic carbocycles. The first-order valence-electron chi connectivity index (χ1n) is 8.93. The van der Waals surface area contributed by atoms with Crippen LogP contribution in [0.25, 0.3) is 11.1 Å². The smallest absolute Gasteiger partial charge is 0.194 e. The number of fused-ring (bicyclic) bond motifs is 3. The van der Waals surface area contributed by atoms with E-state index in [0.29, 0.717) is 35.0 Å². The molecule has 5 nitrogen and oxygen atoms in total. The van der Waals surface area contributed by atoms with Crippen LogP contribution < -0.4 is 14.2 Å². The normalized spacial score (nSPS) is 12.1. The number of rotatable bonds is 8. The third-order valence-corrected chi connectivity index (χ3v) is 4.86. The molecule has 26 heavy (non-hydrogen) atoms. The fourth-order valence-electron chi connectivity index (χ4n) is 3.37. The second-order valence-corrected chi connectivity index (χ2v) is 6.14. The Balaban J connectivity index is 1.99. The first-order valence-corrected chi connectivity index (χ1v) is 8.93. The van der Waals surface area contributed by atoms with Gasteiger partial charge >= 0.3 is 0 Å². The summed E-state index contributed by atoms with van der Waals surface area (Å²) in [6.45, 7) is 7.66. The summed E-state index contributed by atoms with van der Waals surface area (Å²) < 4.78 is 16.9. The summed E-state index contributed by atoms with van der Waals surface area (Å²) >= 11 is 0. The maximum absolute atomic E-state index is 12.9. The van der Waals surface area contributed by atoms with Gasteiger partial charge in [-0.15, -0.1) is 0 Å². The number of hydrogen-bond acceptors (Lipinski definition) is 5. The summed E-state index contributed by atoms with van der Waals surface area (Å²) in [5, 5.41) is 0. The Bertz CT molecular complexity index is 812. The van der Waals surface area contributed by atoms with Crippen molar-refractivity contribution in [2.24, 2.45) is 0 Å². The predicted octanol–water partition coefficient (Wildman–Crippen LogP) is 3.64. The summed E-state index contributed by atoms with van der Waals surface area (Å²) in [5.74, 6) is 1.91. The third-order valence-electron chi connectivity index (χ3n) is 4.86. The lowest BCUT2D eigenvalue weighted by Gasteiger charge is -2.19. The van der Waals surface area contributed by atoms with Crippen molar-refractivity contribution in [1.82, 2.24) is 4.90 Å². The second kappa shape index (κ2) is 7.79. The van der Waals surface area contributed by atoms with Crippen molar-refractivity contribution in [1.29, 1.82) is 0 Å². The lowest BCUT2D eigenvalue weighted by atomic mass is 10.0. The van der Waals surface area contributed by atoms with Crippen molar-refractivity contribution in [2.75, 3.05) is 40.5 Å². The number of ether oxygens (including phenoxy) is 3. The minimum Gasteiger partial charge on any atom is -0.497 e. The fraction of sp³-hybridized carbons (Fsp3) is 0.381. The maximum Gasteiger partial charge on any atom is 0.194 e. The molecular formula is C21H25NO4. The molecule has 1 aliphatic carbocycles. The van der Waals surface area contributed by atoms with Crippen LogP contribution in [0.5, 0.6) is 17.2 Å². The van der Waals surface area contributed by atoms with E-state index in [1.165, 1.54) is 0 Å². The number of ketones is 1. The van der Waals surface area contributed by atoms with Gasteiger partial charge in [0, 0.05) is 34.9 Å².